The van der Waals surface area contributed by atoms with Crippen molar-refractivity contribution < 1.29 is 13.2 Å². The van der Waals surface area contributed by atoms with Crippen molar-refractivity contribution in [3.8, 4) is 0 Å². The fourth-order valence-electron chi connectivity index (χ4n) is 3.09. The third-order valence-corrected chi connectivity index (χ3v) is 5.56. The van der Waals surface area contributed by atoms with Crippen molar-refractivity contribution in [2.24, 2.45) is 0 Å². The molecule has 0 saturated heterocycles. The van der Waals surface area contributed by atoms with Gasteiger partial charge < -0.3 is 9.80 Å². The summed E-state index contributed by atoms with van der Waals surface area (Å²) < 4.78 is 23.5. The van der Waals surface area contributed by atoms with Crippen LogP contribution < -0.4 is 9.80 Å². The second kappa shape index (κ2) is 6.52. The zero-order valence-electron chi connectivity index (χ0n) is 14.7. The predicted octanol–water partition coefficient (Wildman–Crippen LogP) is 2.75. The van der Waals surface area contributed by atoms with Gasteiger partial charge in [0.15, 0.2) is 9.84 Å². The summed E-state index contributed by atoms with van der Waals surface area (Å²) in [7, 11) is 0.624. The number of anilines is 2. The van der Waals surface area contributed by atoms with E-state index in [1.165, 1.54) is 6.26 Å². The van der Waals surface area contributed by atoms with Crippen LogP contribution in [0.15, 0.2) is 47.4 Å². The van der Waals surface area contributed by atoms with Gasteiger partial charge in [-0.2, -0.15) is 0 Å². The van der Waals surface area contributed by atoms with Crippen LogP contribution in [0.1, 0.15) is 22.3 Å². The first-order chi connectivity index (χ1) is 11.8. The first kappa shape index (κ1) is 17.5. The van der Waals surface area contributed by atoms with E-state index in [4.69, 9.17) is 0 Å². The maximum Gasteiger partial charge on any atom is 0.258 e. The SMILES string of the molecule is CN(C)c1cccc(C(=O)N2CCCc3cc(S(C)(=O)=O)ccc32)c1. The Kier molecular flexibility index (Phi) is 4.56. The fraction of sp³-hybridized carbons (Fsp3) is 0.316. The van der Waals surface area contributed by atoms with E-state index < -0.39 is 9.84 Å². The number of hydrogen-bond donors (Lipinski definition) is 0. The molecule has 0 radical (unpaired) electrons. The lowest BCUT2D eigenvalue weighted by atomic mass is 10.0. The van der Waals surface area contributed by atoms with Gasteiger partial charge in [-0.15, -0.1) is 0 Å². The van der Waals surface area contributed by atoms with Gasteiger partial charge in [-0.1, -0.05) is 6.07 Å². The van der Waals surface area contributed by atoms with Gasteiger partial charge in [-0.3, -0.25) is 4.79 Å². The molecular weight excluding hydrogens is 336 g/mol. The first-order valence-corrected chi connectivity index (χ1v) is 10.1. The Labute approximate surface area is 148 Å². The van der Waals surface area contributed by atoms with E-state index in [0.717, 1.165) is 29.8 Å². The molecule has 5 nitrogen and oxygen atoms in total. The number of aryl methyl sites for hydroxylation is 1. The molecule has 0 bridgehead atoms. The molecule has 1 aliphatic rings. The van der Waals surface area contributed by atoms with Gasteiger partial charge in [-0.05, 0) is 54.8 Å². The number of amides is 1. The molecule has 6 heteroatoms. The number of hydrogen-bond acceptors (Lipinski definition) is 4. The lowest BCUT2D eigenvalue weighted by Gasteiger charge is -2.30. The zero-order chi connectivity index (χ0) is 18.2. The lowest BCUT2D eigenvalue weighted by molar-refractivity contribution is 0.0985. The van der Waals surface area contributed by atoms with Gasteiger partial charge in [0.05, 0.1) is 4.90 Å². The molecule has 0 saturated carbocycles. The number of nitrogens with zero attached hydrogens (tertiary/aromatic N) is 2. The van der Waals surface area contributed by atoms with E-state index >= 15 is 0 Å². The van der Waals surface area contributed by atoms with E-state index in [9.17, 15) is 13.2 Å². The van der Waals surface area contributed by atoms with E-state index in [2.05, 4.69) is 0 Å². The summed E-state index contributed by atoms with van der Waals surface area (Å²) in [6, 6.07) is 12.5. The van der Waals surface area contributed by atoms with Crippen molar-refractivity contribution in [1.82, 2.24) is 0 Å². The molecule has 3 rings (SSSR count). The summed E-state index contributed by atoms with van der Waals surface area (Å²) in [5, 5.41) is 0. The molecule has 25 heavy (non-hydrogen) atoms. The molecule has 0 unspecified atom stereocenters. The minimum atomic E-state index is -3.25. The van der Waals surface area contributed by atoms with Gasteiger partial charge in [-0.25, -0.2) is 8.42 Å². The van der Waals surface area contributed by atoms with Crippen LogP contribution in [0.5, 0.6) is 0 Å². The van der Waals surface area contributed by atoms with Gasteiger partial charge in [0.25, 0.3) is 5.91 Å². The van der Waals surface area contributed by atoms with Gasteiger partial charge in [0, 0.05) is 43.8 Å². The molecule has 0 atom stereocenters. The standard InChI is InChI=1S/C19H22N2O3S/c1-20(2)16-8-4-6-15(12-16)19(22)21-11-5-7-14-13-17(25(3,23)24)9-10-18(14)21/h4,6,8-10,12-13H,5,7,11H2,1-3H3. The summed E-state index contributed by atoms with van der Waals surface area (Å²) >= 11 is 0. The van der Waals surface area contributed by atoms with Crippen LogP contribution >= 0.6 is 0 Å². The molecule has 0 N–H and O–H groups in total. The number of carbonyl (C=O) groups excluding carboxylic acids is 1. The van der Waals surface area contributed by atoms with Crippen LogP contribution in [-0.2, 0) is 16.3 Å². The third kappa shape index (κ3) is 3.54. The minimum absolute atomic E-state index is 0.0586. The van der Waals surface area contributed by atoms with E-state index in [0.29, 0.717) is 17.0 Å². The Balaban J connectivity index is 1.98. The molecule has 0 aliphatic carbocycles. The average molecular weight is 358 g/mol. The highest BCUT2D eigenvalue weighted by atomic mass is 32.2. The van der Waals surface area contributed by atoms with Crippen molar-refractivity contribution >= 4 is 27.1 Å². The first-order valence-electron chi connectivity index (χ1n) is 8.19. The normalized spacial score (nSPS) is 14.1. The zero-order valence-corrected chi connectivity index (χ0v) is 15.5. The van der Waals surface area contributed by atoms with E-state index in [-0.39, 0.29) is 5.91 Å². The van der Waals surface area contributed by atoms with Crippen LogP contribution in [-0.4, -0.2) is 41.2 Å². The summed E-state index contributed by atoms with van der Waals surface area (Å²) in [4.78, 5) is 17.0. The number of fused-ring (bicyclic) bond motifs is 1. The predicted molar refractivity (Wildman–Crippen MR) is 100 cm³/mol. The third-order valence-electron chi connectivity index (χ3n) is 4.45. The smallest absolute Gasteiger partial charge is 0.258 e. The summed E-state index contributed by atoms with van der Waals surface area (Å²) in [5.41, 5.74) is 3.31. The summed E-state index contributed by atoms with van der Waals surface area (Å²) in [6.45, 7) is 0.635. The van der Waals surface area contributed by atoms with Gasteiger partial charge >= 0.3 is 0 Å². The summed E-state index contributed by atoms with van der Waals surface area (Å²) in [5.74, 6) is -0.0586. The van der Waals surface area contributed by atoms with Crippen molar-refractivity contribution in [1.29, 1.82) is 0 Å². The average Bonchev–Trinajstić information content (AvgIpc) is 2.59. The molecule has 0 fully saturated rings. The van der Waals surface area contributed by atoms with Crippen LogP contribution in [0.4, 0.5) is 11.4 Å². The van der Waals surface area contributed by atoms with Crippen LogP contribution in [0.3, 0.4) is 0 Å². The molecule has 0 aromatic heterocycles. The Morgan fingerprint density at radius 3 is 2.56 bits per heavy atom. The van der Waals surface area contributed by atoms with Crippen molar-refractivity contribution in [3.05, 3.63) is 53.6 Å². The van der Waals surface area contributed by atoms with E-state index in [1.54, 1.807) is 23.1 Å². The second-order valence-corrected chi connectivity index (χ2v) is 8.58. The molecule has 1 amide bonds. The lowest BCUT2D eigenvalue weighted by Crippen LogP contribution is -2.35. The number of benzene rings is 2. The van der Waals surface area contributed by atoms with Crippen molar-refractivity contribution in [2.75, 3.05) is 36.7 Å². The topological polar surface area (TPSA) is 57.7 Å². The minimum Gasteiger partial charge on any atom is -0.378 e. The number of sulfone groups is 1. The van der Waals surface area contributed by atoms with Crippen LogP contribution in [0.25, 0.3) is 0 Å². The largest absolute Gasteiger partial charge is 0.378 e. The molecule has 2 aromatic rings. The fourth-order valence-corrected chi connectivity index (χ4v) is 3.76. The molecule has 2 aromatic carbocycles. The molecule has 0 spiro atoms. The highest BCUT2D eigenvalue weighted by Crippen LogP contribution is 2.31. The Hall–Kier alpha value is -2.34. The quantitative estimate of drug-likeness (QED) is 0.847. The monoisotopic (exact) mass is 358 g/mol. The molecule has 1 heterocycles. The van der Waals surface area contributed by atoms with Crippen LogP contribution in [0, 0.1) is 0 Å². The second-order valence-electron chi connectivity index (χ2n) is 6.57. The highest BCUT2D eigenvalue weighted by molar-refractivity contribution is 7.90. The highest BCUT2D eigenvalue weighted by Gasteiger charge is 2.25. The maximum atomic E-state index is 13.0. The van der Waals surface area contributed by atoms with E-state index in [1.807, 2.05) is 43.3 Å². The van der Waals surface area contributed by atoms with Crippen molar-refractivity contribution in [2.45, 2.75) is 17.7 Å². The Morgan fingerprint density at radius 2 is 1.88 bits per heavy atom. The number of carbonyl (C=O) groups is 1. The molecular formula is C19H22N2O3S. The number of rotatable bonds is 3. The Morgan fingerprint density at radius 1 is 1.12 bits per heavy atom. The molecule has 1 aliphatic heterocycles. The van der Waals surface area contributed by atoms with Gasteiger partial charge in [0.1, 0.15) is 0 Å². The Bertz CT molecular complexity index is 920. The maximum absolute atomic E-state index is 13.0. The summed E-state index contributed by atoms with van der Waals surface area (Å²) in [6.07, 6.45) is 2.80. The van der Waals surface area contributed by atoms with Gasteiger partial charge in [0.2, 0.25) is 0 Å². The van der Waals surface area contributed by atoms with Crippen molar-refractivity contribution in [3.63, 3.8) is 0 Å². The molecule has 132 valence electrons. The van der Waals surface area contributed by atoms with Crippen LogP contribution in [0.2, 0.25) is 0 Å².